The summed E-state index contributed by atoms with van der Waals surface area (Å²) in [6.45, 7) is 16.0. The zero-order valence-electron chi connectivity index (χ0n) is 24.8. The van der Waals surface area contributed by atoms with Crippen LogP contribution in [-0.2, 0) is 37.7 Å². The van der Waals surface area contributed by atoms with E-state index in [1.165, 1.54) is 0 Å². The molecule has 0 aromatic carbocycles. The molecule has 0 aliphatic carbocycles. The maximum Gasteiger partial charge on any atom is 0.303 e. The van der Waals surface area contributed by atoms with E-state index in [9.17, 15) is 19.8 Å². The molecule has 5 rings (SSSR count). The third-order valence-corrected chi connectivity index (χ3v) is 8.22. The van der Waals surface area contributed by atoms with Gasteiger partial charge in [-0.25, -0.2) is 9.97 Å². The van der Waals surface area contributed by atoms with Crippen molar-refractivity contribution in [2.24, 2.45) is 0 Å². The van der Waals surface area contributed by atoms with Gasteiger partial charge >= 0.3 is 11.9 Å². The molecule has 0 spiro atoms. The van der Waals surface area contributed by atoms with E-state index in [2.05, 4.69) is 23.1 Å². The van der Waals surface area contributed by atoms with Gasteiger partial charge in [-0.1, -0.05) is 25.3 Å². The molecule has 9 heteroatoms. The number of carboxylic acids is 2. The molecule has 3 aromatic rings. The van der Waals surface area contributed by atoms with Crippen molar-refractivity contribution in [3.05, 3.63) is 88.5 Å². The summed E-state index contributed by atoms with van der Waals surface area (Å²) >= 11 is 0. The molecule has 0 fully saturated rings. The third kappa shape index (κ3) is 5.98. The maximum absolute atomic E-state index is 11.5. The van der Waals surface area contributed by atoms with Gasteiger partial charge < -0.3 is 20.2 Å². The van der Waals surface area contributed by atoms with Crippen LogP contribution in [0.15, 0.2) is 43.5 Å². The average molecular weight is 611 g/mol. The van der Waals surface area contributed by atoms with Crippen LogP contribution >= 0.6 is 0 Å². The molecule has 0 saturated carbocycles. The number of rotatable bonds is 8. The van der Waals surface area contributed by atoms with E-state index in [0.29, 0.717) is 18.5 Å². The molecular formula is C34H34N4O4Ti. The zero-order chi connectivity index (χ0) is 30.3. The monoisotopic (exact) mass is 610 g/mol. The van der Waals surface area contributed by atoms with Gasteiger partial charge in [0.1, 0.15) is 0 Å². The summed E-state index contributed by atoms with van der Waals surface area (Å²) in [7, 11) is 0. The van der Waals surface area contributed by atoms with Crippen molar-refractivity contribution < 1.29 is 41.5 Å². The first-order valence-electron chi connectivity index (χ1n) is 13.9. The molecule has 0 amide bonds. The van der Waals surface area contributed by atoms with Crippen molar-refractivity contribution in [1.82, 2.24) is 19.9 Å². The van der Waals surface area contributed by atoms with Crippen molar-refractivity contribution in [1.29, 1.82) is 0 Å². The summed E-state index contributed by atoms with van der Waals surface area (Å²) in [6.07, 6.45) is 4.22. The molecule has 3 aromatic heterocycles. The minimum Gasteiger partial charge on any atom is -0.481 e. The van der Waals surface area contributed by atoms with E-state index in [-0.39, 0.29) is 34.6 Å². The normalized spacial score (nSPS) is 12.7. The summed E-state index contributed by atoms with van der Waals surface area (Å²) in [5.74, 6) is -1.76. The molecule has 2 aliphatic heterocycles. The number of H-pyrrole nitrogens is 2. The summed E-state index contributed by atoms with van der Waals surface area (Å²) in [4.78, 5) is 40.0. The van der Waals surface area contributed by atoms with Gasteiger partial charge in [0.2, 0.25) is 0 Å². The standard InChI is InChI=1S/C34H34N4O4.Ti/c1-7-21-17(3)25-13-26-19(5)23(9-11-33(39)40)31(37-26)16-32-24(10-12-34(41)42)20(6)28(38-32)15-30-22(8-2)18(4)27(36-30)14-29(21)35-25;/h7-8,13-16,35,38H,1-2,9-12H2,3-6H3,(H,39,40)(H,41,42);. The van der Waals surface area contributed by atoms with Crippen molar-refractivity contribution in [2.45, 2.75) is 53.4 Å². The zero-order valence-corrected chi connectivity index (χ0v) is 26.4. The van der Waals surface area contributed by atoms with Crippen LogP contribution in [0.1, 0.15) is 78.1 Å². The number of aromatic amines is 2. The van der Waals surface area contributed by atoms with Gasteiger partial charge in [-0.3, -0.25) is 9.59 Å². The summed E-state index contributed by atoms with van der Waals surface area (Å²) in [6, 6.07) is 7.88. The Morgan fingerprint density at radius 1 is 0.721 bits per heavy atom. The van der Waals surface area contributed by atoms with E-state index >= 15 is 0 Å². The number of allylic oxidation sites excluding steroid dienone is 5. The first-order valence-corrected chi connectivity index (χ1v) is 13.9. The van der Waals surface area contributed by atoms with E-state index < -0.39 is 11.9 Å². The van der Waals surface area contributed by atoms with Crippen LogP contribution in [0.3, 0.4) is 0 Å². The van der Waals surface area contributed by atoms with Crippen LogP contribution in [0.25, 0.3) is 50.4 Å². The van der Waals surface area contributed by atoms with Gasteiger partial charge in [-0.05, 0) is 98.2 Å². The molecule has 4 N–H and O–H groups in total. The van der Waals surface area contributed by atoms with E-state index in [0.717, 1.165) is 83.7 Å². The van der Waals surface area contributed by atoms with Gasteiger partial charge in [-0.2, -0.15) is 0 Å². The van der Waals surface area contributed by atoms with Crippen molar-refractivity contribution in [2.75, 3.05) is 0 Å². The van der Waals surface area contributed by atoms with Gasteiger partial charge in [0.25, 0.3) is 0 Å². The Kier molecular flexibility index (Phi) is 9.23. The first-order chi connectivity index (χ1) is 20.0. The van der Waals surface area contributed by atoms with Gasteiger partial charge in [0.05, 0.1) is 22.8 Å². The number of carboxylic acid groups (broad SMARTS) is 2. The fourth-order valence-electron chi connectivity index (χ4n) is 5.77. The van der Waals surface area contributed by atoms with Crippen molar-refractivity contribution >= 4 is 62.4 Å². The van der Waals surface area contributed by atoms with Crippen LogP contribution in [0.4, 0.5) is 0 Å². The van der Waals surface area contributed by atoms with Crippen molar-refractivity contribution in [3.8, 4) is 0 Å². The van der Waals surface area contributed by atoms with Crippen LogP contribution in [0.5, 0.6) is 0 Å². The molecule has 43 heavy (non-hydrogen) atoms. The summed E-state index contributed by atoms with van der Waals surface area (Å²) in [5, 5.41) is 18.9. The Morgan fingerprint density at radius 3 is 1.91 bits per heavy atom. The second-order valence-corrected chi connectivity index (χ2v) is 10.7. The fourth-order valence-corrected chi connectivity index (χ4v) is 5.77. The Hall–Kier alpha value is -4.27. The van der Waals surface area contributed by atoms with Gasteiger partial charge in [0.15, 0.2) is 0 Å². The average Bonchev–Trinajstić information content (AvgIpc) is 3.59. The number of carbonyl (C=O) groups is 2. The SMILES string of the molecule is C=CC1=C(C)c2cc3[nH]c(cc4nc(cc5[nH]c(cc1n2)c(C)c5CCC(=O)O)C(CCC(=O)O)=C4C)c(C)c3C=C.[Ti]. The summed E-state index contributed by atoms with van der Waals surface area (Å²) in [5.41, 5.74) is 13.7. The van der Waals surface area contributed by atoms with E-state index in [1.807, 2.05) is 58.0 Å². The molecule has 8 bridgehead atoms. The maximum atomic E-state index is 11.5. The Morgan fingerprint density at radius 2 is 1.26 bits per heavy atom. The second-order valence-electron chi connectivity index (χ2n) is 10.7. The number of aliphatic carboxylic acids is 2. The largest absolute Gasteiger partial charge is 0.481 e. The minimum absolute atomic E-state index is 0. The number of nitrogens with one attached hydrogen (secondary N) is 2. The number of hydrogen-bond donors (Lipinski definition) is 4. The molecular weight excluding hydrogens is 576 g/mol. The van der Waals surface area contributed by atoms with Gasteiger partial charge in [0, 0.05) is 67.8 Å². The molecule has 0 saturated heterocycles. The second kappa shape index (κ2) is 12.5. The van der Waals surface area contributed by atoms with Gasteiger partial charge in [-0.15, -0.1) is 0 Å². The van der Waals surface area contributed by atoms with Crippen LogP contribution < -0.4 is 0 Å². The number of aromatic nitrogens is 4. The molecule has 218 valence electrons. The molecule has 5 heterocycles. The number of fused-ring (bicyclic) bond motifs is 8. The quantitative estimate of drug-likeness (QED) is 0.195. The smallest absolute Gasteiger partial charge is 0.303 e. The molecule has 8 nitrogen and oxygen atoms in total. The molecule has 0 radical (unpaired) electrons. The van der Waals surface area contributed by atoms with E-state index in [4.69, 9.17) is 9.97 Å². The number of hydrogen-bond acceptors (Lipinski definition) is 4. The summed E-state index contributed by atoms with van der Waals surface area (Å²) < 4.78 is 0. The van der Waals surface area contributed by atoms with E-state index in [1.54, 1.807) is 6.08 Å². The topological polar surface area (TPSA) is 132 Å². The fraction of sp³-hybridized carbons (Fsp3) is 0.235. The Balaban J connectivity index is 0.00000423. The minimum atomic E-state index is -0.883. The predicted molar refractivity (Wildman–Crippen MR) is 169 cm³/mol. The number of nitrogens with zero attached hydrogens (tertiary/aromatic N) is 2. The van der Waals surface area contributed by atoms with Crippen molar-refractivity contribution in [3.63, 3.8) is 0 Å². The third-order valence-electron chi connectivity index (χ3n) is 8.22. The Labute approximate surface area is 264 Å². The molecule has 2 aliphatic rings. The number of aryl methyl sites for hydroxylation is 3. The predicted octanol–water partition coefficient (Wildman–Crippen LogP) is 7.50. The molecule has 0 atom stereocenters. The molecule has 0 unspecified atom stereocenters. The van der Waals surface area contributed by atoms with Crippen LogP contribution in [0, 0.1) is 13.8 Å². The van der Waals surface area contributed by atoms with Crippen LogP contribution in [0.2, 0.25) is 0 Å². The van der Waals surface area contributed by atoms with Crippen LogP contribution in [-0.4, -0.2) is 42.1 Å². The Bertz CT molecular complexity index is 1920. The first kappa shape index (κ1) is 31.7.